The van der Waals surface area contributed by atoms with Crippen molar-refractivity contribution in [1.29, 1.82) is 0 Å². The Morgan fingerprint density at radius 3 is 2.02 bits per heavy atom. The molecule has 0 spiro atoms. The summed E-state index contributed by atoms with van der Waals surface area (Å²) in [6.07, 6.45) is 0. The van der Waals surface area contributed by atoms with Gasteiger partial charge in [-0.05, 0) is 76.9 Å². The fourth-order valence-corrected chi connectivity index (χ4v) is 10.6. The number of rotatable bonds is 6. The van der Waals surface area contributed by atoms with E-state index in [9.17, 15) is 0 Å². The second kappa shape index (κ2) is 13.3. The molecular weight excluding hydrogens is 751 g/mol. The zero-order valence-corrected chi connectivity index (χ0v) is 33.9. The Morgan fingerprint density at radius 1 is 0.500 bits per heavy atom. The fourth-order valence-electron chi connectivity index (χ4n) is 9.48. The molecule has 0 saturated heterocycles. The molecule has 3 heterocycles. The van der Waals surface area contributed by atoms with Crippen LogP contribution in [0.4, 0.5) is 17.3 Å². The number of benzene rings is 8. The van der Waals surface area contributed by atoms with E-state index in [-0.39, 0.29) is 5.41 Å². The number of hydrogen-bond acceptors (Lipinski definition) is 5. The molecule has 0 aliphatic heterocycles. The lowest BCUT2D eigenvalue weighted by Gasteiger charge is -2.27. The molecule has 0 amide bonds. The van der Waals surface area contributed by atoms with Crippen LogP contribution in [0.5, 0.6) is 0 Å². The van der Waals surface area contributed by atoms with Gasteiger partial charge in [-0.15, -0.1) is 11.3 Å². The summed E-state index contributed by atoms with van der Waals surface area (Å²) in [5.41, 5.74) is 12.1. The van der Waals surface area contributed by atoms with E-state index >= 15 is 0 Å². The molecule has 6 heteroatoms. The van der Waals surface area contributed by atoms with Crippen LogP contribution < -0.4 is 4.90 Å². The Labute approximate surface area is 351 Å². The fraction of sp³-hybridized carbons (Fsp3) is 0.0556. The number of thiophene rings is 1. The minimum Gasteiger partial charge on any atom is -0.309 e. The summed E-state index contributed by atoms with van der Waals surface area (Å²) in [7, 11) is 0. The molecule has 5 nitrogen and oxygen atoms in total. The molecule has 1 aliphatic rings. The van der Waals surface area contributed by atoms with Crippen molar-refractivity contribution in [3.05, 3.63) is 199 Å². The highest BCUT2D eigenvalue weighted by Crippen LogP contribution is 2.52. The first-order chi connectivity index (χ1) is 29.5. The molecule has 0 bridgehead atoms. The first kappa shape index (κ1) is 34.6. The van der Waals surface area contributed by atoms with Crippen LogP contribution in [-0.4, -0.2) is 19.5 Å². The second-order valence-corrected chi connectivity index (χ2v) is 17.1. The summed E-state index contributed by atoms with van der Waals surface area (Å²) in [5, 5.41) is 4.70. The SMILES string of the molecule is CC1(C)c2ccccc2-c2ccc(N(c3nc(-c4ccccc4)nc(-c4cccc5c6ccccc6n(-c6ccccc6)c45)n3)c3cccc4sc5ccccc5c34)cc21. The number of hydrogen-bond donors (Lipinski definition) is 0. The van der Waals surface area contributed by atoms with E-state index < -0.39 is 0 Å². The largest absolute Gasteiger partial charge is 0.309 e. The maximum Gasteiger partial charge on any atom is 0.238 e. The molecule has 0 radical (unpaired) electrons. The second-order valence-electron chi connectivity index (χ2n) is 16.0. The molecule has 0 saturated carbocycles. The molecule has 11 aromatic rings. The van der Waals surface area contributed by atoms with E-state index in [2.05, 4.69) is 193 Å². The van der Waals surface area contributed by atoms with Gasteiger partial charge in [0.2, 0.25) is 5.95 Å². The van der Waals surface area contributed by atoms with Crippen LogP contribution in [0, 0.1) is 0 Å². The predicted octanol–water partition coefficient (Wildman–Crippen LogP) is 14.4. The summed E-state index contributed by atoms with van der Waals surface area (Å²) >= 11 is 1.82. The highest BCUT2D eigenvalue weighted by molar-refractivity contribution is 7.26. The van der Waals surface area contributed by atoms with Crippen LogP contribution in [0.25, 0.3) is 81.6 Å². The summed E-state index contributed by atoms with van der Waals surface area (Å²) in [4.78, 5) is 18.6. The molecule has 8 aromatic carbocycles. The smallest absolute Gasteiger partial charge is 0.238 e. The number of anilines is 3. The lowest BCUT2D eigenvalue weighted by atomic mass is 9.82. The van der Waals surface area contributed by atoms with Crippen molar-refractivity contribution in [3.63, 3.8) is 0 Å². The van der Waals surface area contributed by atoms with Gasteiger partial charge in [0.15, 0.2) is 11.6 Å². The van der Waals surface area contributed by atoms with E-state index in [4.69, 9.17) is 15.0 Å². The van der Waals surface area contributed by atoms with Crippen LogP contribution in [0.1, 0.15) is 25.0 Å². The van der Waals surface area contributed by atoms with Crippen molar-refractivity contribution in [2.24, 2.45) is 0 Å². The van der Waals surface area contributed by atoms with Gasteiger partial charge < -0.3 is 4.57 Å². The van der Waals surface area contributed by atoms with Gasteiger partial charge in [-0.2, -0.15) is 9.97 Å². The summed E-state index contributed by atoms with van der Waals surface area (Å²) in [6, 6.07) is 67.0. The Bertz CT molecular complexity index is 3470. The lowest BCUT2D eigenvalue weighted by Crippen LogP contribution is -2.18. The van der Waals surface area contributed by atoms with E-state index in [1.54, 1.807) is 0 Å². The third-order valence-corrected chi connectivity index (χ3v) is 13.4. The first-order valence-corrected chi connectivity index (χ1v) is 21.2. The van der Waals surface area contributed by atoms with Crippen LogP contribution >= 0.6 is 11.3 Å². The molecule has 12 rings (SSSR count). The predicted molar refractivity (Wildman–Crippen MR) is 250 cm³/mol. The van der Waals surface area contributed by atoms with Gasteiger partial charge in [0.05, 0.1) is 16.7 Å². The molecule has 0 unspecified atom stereocenters. The monoisotopic (exact) mass is 787 g/mol. The Balaban J connectivity index is 1.18. The van der Waals surface area contributed by atoms with Gasteiger partial charge in [-0.25, -0.2) is 4.98 Å². The molecule has 60 heavy (non-hydrogen) atoms. The van der Waals surface area contributed by atoms with Gasteiger partial charge in [-0.1, -0.05) is 147 Å². The van der Waals surface area contributed by atoms with Gasteiger partial charge in [0.1, 0.15) is 0 Å². The normalized spacial score (nSPS) is 13.0. The minimum absolute atomic E-state index is 0.200. The molecule has 0 atom stereocenters. The molecule has 0 N–H and O–H groups in total. The van der Waals surface area contributed by atoms with Crippen molar-refractivity contribution in [2.45, 2.75) is 19.3 Å². The van der Waals surface area contributed by atoms with Crippen molar-refractivity contribution >= 4 is 70.6 Å². The standard InChI is InChI=1S/C54H37N5S/c1-54(2)43-26-12-9-21-37(43)38-32-31-36(33-44(38)54)59(46-28-16-30-48-49(46)41-23-11-14-29-47(41)60-48)53-56-51(34-17-5-3-6-18-34)55-52(57-53)42-25-15-24-40-39-22-10-13-27-45(39)58(50(40)42)35-19-7-4-8-20-35/h3-33H,1-2H3. The Kier molecular flexibility index (Phi) is 7.68. The van der Waals surface area contributed by atoms with Crippen LogP contribution in [0.15, 0.2) is 188 Å². The first-order valence-electron chi connectivity index (χ1n) is 20.4. The summed E-state index contributed by atoms with van der Waals surface area (Å²) in [6.45, 7) is 4.67. The van der Waals surface area contributed by atoms with Gasteiger partial charge in [-0.3, -0.25) is 4.90 Å². The maximum atomic E-state index is 5.57. The molecule has 0 fully saturated rings. The molecular formula is C54H37N5S. The number of nitrogens with zero attached hydrogens (tertiary/aromatic N) is 5. The topological polar surface area (TPSA) is 46.8 Å². The zero-order chi connectivity index (χ0) is 40.0. The maximum absolute atomic E-state index is 5.57. The van der Waals surface area contributed by atoms with E-state index in [1.165, 1.54) is 47.8 Å². The average molecular weight is 788 g/mol. The van der Waals surface area contributed by atoms with E-state index in [1.807, 2.05) is 29.5 Å². The quantitative estimate of drug-likeness (QED) is 0.168. The minimum atomic E-state index is -0.200. The van der Waals surface area contributed by atoms with Gasteiger partial charge in [0, 0.05) is 58.9 Å². The van der Waals surface area contributed by atoms with Crippen LogP contribution in [0.2, 0.25) is 0 Å². The highest BCUT2D eigenvalue weighted by atomic mass is 32.1. The molecule has 3 aromatic heterocycles. The lowest BCUT2D eigenvalue weighted by molar-refractivity contribution is 0.660. The molecule has 1 aliphatic carbocycles. The summed E-state index contributed by atoms with van der Waals surface area (Å²) in [5.74, 6) is 1.76. The zero-order valence-electron chi connectivity index (χ0n) is 33.0. The third-order valence-electron chi connectivity index (χ3n) is 12.3. The van der Waals surface area contributed by atoms with Gasteiger partial charge in [0.25, 0.3) is 0 Å². The Morgan fingerprint density at radius 2 is 1.15 bits per heavy atom. The van der Waals surface area contributed by atoms with Gasteiger partial charge >= 0.3 is 0 Å². The number of aromatic nitrogens is 4. The summed E-state index contributed by atoms with van der Waals surface area (Å²) < 4.78 is 4.80. The van der Waals surface area contributed by atoms with Crippen molar-refractivity contribution in [3.8, 4) is 39.6 Å². The number of para-hydroxylation sites is 3. The van der Waals surface area contributed by atoms with Crippen molar-refractivity contribution < 1.29 is 0 Å². The average Bonchev–Trinajstić information content (AvgIpc) is 3.93. The molecule has 284 valence electrons. The highest BCUT2D eigenvalue weighted by Gasteiger charge is 2.36. The van der Waals surface area contributed by atoms with Crippen LogP contribution in [0.3, 0.4) is 0 Å². The van der Waals surface area contributed by atoms with Crippen molar-refractivity contribution in [1.82, 2.24) is 19.5 Å². The third kappa shape index (κ3) is 5.21. The number of fused-ring (bicyclic) bond motifs is 9. The Hall–Kier alpha value is -7.41. The van der Waals surface area contributed by atoms with E-state index in [0.717, 1.165) is 44.6 Å². The van der Waals surface area contributed by atoms with Crippen LogP contribution in [-0.2, 0) is 5.41 Å². The van der Waals surface area contributed by atoms with E-state index in [0.29, 0.717) is 17.6 Å². The van der Waals surface area contributed by atoms with Crippen molar-refractivity contribution in [2.75, 3.05) is 4.90 Å².